The normalized spacial score (nSPS) is 11.5. The Balaban J connectivity index is 2.97. The van der Waals surface area contributed by atoms with Gasteiger partial charge in [-0.2, -0.15) is 0 Å². The molecule has 0 aliphatic carbocycles. The van der Waals surface area contributed by atoms with E-state index in [4.69, 9.17) is 4.98 Å². The lowest BCUT2D eigenvalue weighted by Crippen LogP contribution is -2.01. The van der Waals surface area contributed by atoms with Crippen LogP contribution in [0.25, 0.3) is 10.9 Å². The molecule has 2 heterocycles. The van der Waals surface area contributed by atoms with Gasteiger partial charge in [-0.1, -0.05) is 13.8 Å². The average molecular weight is 228 g/mol. The van der Waals surface area contributed by atoms with E-state index in [1.54, 1.807) is 0 Å². The van der Waals surface area contributed by atoms with Crippen molar-refractivity contribution in [3.63, 3.8) is 0 Å². The van der Waals surface area contributed by atoms with Gasteiger partial charge >= 0.3 is 0 Å². The van der Waals surface area contributed by atoms with Crippen LogP contribution in [0.2, 0.25) is 0 Å². The molecule has 0 spiro atoms. The van der Waals surface area contributed by atoms with Crippen molar-refractivity contribution >= 4 is 10.9 Å². The van der Waals surface area contributed by atoms with E-state index in [1.807, 2.05) is 6.20 Å². The number of aryl methyl sites for hydroxylation is 3. The lowest BCUT2D eigenvalue weighted by Gasteiger charge is -2.15. The summed E-state index contributed by atoms with van der Waals surface area (Å²) >= 11 is 0. The zero-order valence-corrected chi connectivity index (χ0v) is 11.5. The topological polar surface area (TPSA) is 25.8 Å². The molecule has 2 heteroatoms. The van der Waals surface area contributed by atoms with E-state index in [-0.39, 0.29) is 0 Å². The second-order valence-corrected chi connectivity index (χ2v) is 5.12. The van der Waals surface area contributed by atoms with Gasteiger partial charge in [-0.25, -0.2) is 0 Å². The van der Waals surface area contributed by atoms with Gasteiger partial charge in [-0.15, -0.1) is 0 Å². The van der Waals surface area contributed by atoms with Crippen molar-refractivity contribution in [1.29, 1.82) is 0 Å². The summed E-state index contributed by atoms with van der Waals surface area (Å²) < 4.78 is 0. The fourth-order valence-corrected chi connectivity index (χ4v) is 2.31. The van der Waals surface area contributed by atoms with Crippen molar-refractivity contribution in [1.82, 2.24) is 9.97 Å². The van der Waals surface area contributed by atoms with Crippen LogP contribution in [0.5, 0.6) is 0 Å². The minimum atomic E-state index is 0.458. The van der Waals surface area contributed by atoms with Gasteiger partial charge in [0.1, 0.15) is 0 Å². The summed E-state index contributed by atoms with van der Waals surface area (Å²) in [6.07, 6.45) is 1.98. The lowest BCUT2D eigenvalue weighted by atomic mass is 9.96. The number of hydrogen-bond acceptors (Lipinski definition) is 2. The highest BCUT2D eigenvalue weighted by atomic mass is 14.7. The molecule has 0 amide bonds. The van der Waals surface area contributed by atoms with E-state index < -0.39 is 0 Å². The molecule has 0 unspecified atom stereocenters. The first kappa shape index (κ1) is 12.0. The van der Waals surface area contributed by atoms with E-state index in [0.29, 0.717) is 5.92 Å². The van der Waals surface area contributed by atoms with Gasteiger partial charge < -0.3 is 0 Å². The summed E-state index contributed by atoms with van der Waals surface area (Å²) in [5.74, 6) is 0.458. The number of nitrogens with zero attached hydrogens (tertiary/aromatic N) is 2. The maximum absolute atomic E-state index is 4.78. The summed E-state index contributed by atoms with van der Waals surface area (Å²) in [6, 6.07) is 0. The van der Waals surface area contributed by atoms with E-state index in [2.05, 4.69) is 46.5 Å². The Morgan fingerprint density at radius 2 is 1.59 bits per heavy atom. The van der Waals surface area contributed by atoms with Crippen LogP contribution >= 0.6 is 0 Å². The maximum Gasteiger partial charge on any atom is 0.0776 e. The summed E-state index contributed by atoms with van der Waals surface area (Å²) in [5, 5.41) is 1.24. The Morgan fingerprint density at radius 3 is 2.18 bits per heavy atom. The van der Waals surface area contributed by atoms with Crippen molar-refractivity contribution in [2.45, 2.75) is 47.5 Å². The first-order valence-electron chi connectivity index (χ1n) is 6.16. The summed E-state index contributed by atoms with van der Waals surface area (Å²) in [5.41, 5.74) is 7.19. The predicted octanol–water partition coefficient (Wildman–Crippen LogP) is 3.99. The SMILES string of the molecule is Cc1nc2c(C(C)C)cnc(C)c2c(C)c1C. The van der Waals surface area contributed by atoms with Crippen LogP contribution < -0.4 is 0 Å². The number of pyridine rings is 2. The molecule has 0 atom stereocenters. The minimum Gasteiger partial charge on any atom is -0.261 e. The molecular weight excluding hydrogens is 208 g/mol. The molecule has 0 aromatic carbocycles. The van der Waals surface area contributed by atoms with E-state index >= 15 is 0 Å². The van der Waals surface area contributed by atoms with Crippen LogP contribution in [0, 0.1) is 27.7 Å². The van der Waals surface area contributed by atoms with Gasteiger partial charge in [0.2, 0.25) is 0 Å². The molecule has 2 aromatic heterocycles. The lowest BCUT2D eigenvalue weighted by molar-refractivity contribution is 0.861. The maximum atomic E-state index is 4.78. The molecule has 0 saturated carbocycles. The molecule has 2 rings (SSSR count). The summed E-state index contributed by atoms with van der Waals surface area (Å²) in [7, 11) is 0. The standard InChI is InChI=1S/C15H20N2/c1-8(2)13-7-16-12(6)14-10(4)9(3)11(5)17-15(13)14/h7-8H,1-6H3. The largest absolute Gasteiger partial charge is 0.261 e. The number of rotatable bonds is 1. The molecule has 90 valence electrons. The number of aromatic nitrogens is 2. The molecule has 0 radical (unpaired) electrons. The van der Waals surface area contributed by atoms with Gasteiger partial charge in [-0.3, -0.25) is 9.97 Å². The third-order valence-corrected chi connectivity index (χ3v) is 3.65. The van der Waals surface area contributed by atoms with Crippen LogP contribution in [0.15, 0.2) is 6.20 Å². The zero-order chi connectivity index (χ0) is 12.7. The third-order valence-electron chi connectivity index (χ3n) is 3.65. The van der Waals surface area contributed by atoms with Crippen LogP contribution in [-0.2, 0) is 0 Å². The monoisotopic (exact) mass is 228 g/mol. The highest BCUT2D eigenvalue weighted by molar-refractivity contribution is 5.88. The van der Waals surface area contributed by atoms with E-state index in [9.17, 15) is 0 Å². The Kier molecular flexibility index (Phi) is 2.90. The smallest absolute Gasteiger partial charge is 0.0776 e. The molecule has 0 aliphatic heterocycles. The summed E-state index contributed by atoms with van der Waals surface area (Å²) in [4.78, 5) is 9.30. The van der Waals surface area contributed by atoms with Gasteiger partial charge in [-0.05, 0) is 50.3 Å². The molecule has 2 aromatic rings. The van der Waals surface area contributed by atoms with E-state index in [0.717, 1.165) is 16.9 Å². The molecule has 17 heavy (non-hydrogen) atoms. The fourth-order valence-electron chi connectivity index (χ4n) is 2.31. The quantitative estimate of drug-likeness (QED) is 0.737. The van der Waals surface area contributed by atoms with E-state index in [1.165, 1.54) is 22.1 Å². The molecular formula is C15H20N2. The molecule has 2 nitrogen and oxygen atoms in total. The molecule has 0 fully saturated rings. The fraction of sp³-hybridized carbons (Fsp3) is 0.467. The highest BCUT2D eigenvalue weighted by Crippen LogP contribution is 2.29. The van der Waals surface area contributed by atoms with Crippen LogP contribution in [0.1, 0.15) is 47.8 Å². The third kappa shape index (κ3) is 1.82. The number of fused-ring (bicyclic) bond motifs is 1. The first-order chi connectivity index (χ1) is 7.93. The first-order valence-corrected chi connectivity index (χ1v) is 6.16. The second kappa shape index (κ2) is 4.10. The van der Waals surface area contributed by atoms with Crippen LogP contribution in [-0.4, -0.2) is 9.97 Å². The van der Waals surface area contributed by atoms with Crippen molar-refractivity contribution in [3.05, 3.63) is 34.3 Å². The zero-order valence-electron chi connectivity index (χ0n) is 11.5. The van der Waals surface area contributed by atoms with Gasteiger partial charge in [0.15, 0.2) is 0 Å². The Hall–Kier alpha value is -1.44. The molecule has 0 N–H and O–H groups in total. The Labute approximate surface area is 103 Å². The number of hydrogen-bond donors (Lipinski definition) is 0. The molecule has 0 aliphatic rings. The molecule has 0 saturated heterocycles. The van der Waals surface area contributed by atoms with Crippen molar-refractivity contribution < 1.29 is 0 Å². The van der Waals surface area contributed by atoms with Crippen molar-refractivity contribution in [3.8, 4) is 0 Å². The minimum absolute atomic E-state index is 0.458. The molecule has 0 bridgehead atoms. The van der Waals surface area contributed by atoms with Crippen molar-refractivity contribution in [2.24, 2.45) is 0 Å². The predicted molar refractivity (Wildman–Crippen MR) is 72.6 cm³/mol. The Morgan fingerprint density at radius 1 is 0.941 bits per heavy atom. The van der Waals surface area contributed by atoms with Gasteiger partial charge in [0.05, 0.1) is 5.52 Å². The second-order valence-electron chi connectivity index (χ2n) is 5.12. The average Bonchev–Trinajstić information content (AvgIpc) is 2.25. The van der Waals surface area contributed by atoms with Crippen LogP contribution in [0.3, 0.4) is 0 Å². The summed E-state index contributed by atoms with van der Waals surface area (Å²) in [6.45, 7) is 12.8. The highest BCUT2D eigenvalue weighted by Gasteiger charge is 2.14. The Bertz CT molecular complexity index is 583. The van der Waals surface area contributed by atoms with Gasteiger partial charge in [0.25, 0.3) is 0 Å². The van der Waals surface area contributed by atoms with Crippen LogP contribution in [0.4, 0.5) is 0 Å². The van der Waals surface area contributed by atoms with Crippen molar-refractivity contribution in [2.75, 3.05) is 0 Å². The van der Waals surface area contributed by atoms with Gasteiger partial charge in [0, 0.05) is 23.0 Å².